The van der Waals surface area contributed by atoms with Crippen LogP contribution in [0, 0.1) is 0 Å². The van der Waals surface area contributed by atoms with Crippen LogP contribution in [0.4, 0.5) is 0 Å². The van der Waals surface area contributed by atoms with Crippen LogP contribution < -0.4 is 0 Å². The highest BCUT2D eigenvalue weighted by Gasteiger charge is 2.14. The molecule has 3 aromatic rings. The van der Waals surface area contributed by atoms with Crippen LogP contribution in [0.5, 0.6) is 0 Å². The Morgan fingerprint density at radius 1 is 0.600 bits per heavy atom. The third-order valence-electron chi connectivity index (χ3n) is 3.41. The third-order valence-corrected chi connectivity index (χ3v) is 3.41. The summed E-state index contributed by atoms with van der Waals surface area (Å²) in [4.78, 5) is 12.3. The van der Waals surface area contributed by atoms with E-state index in [2.05, 4.69) is 51.4 Å². The lowest BCUT2D eigenvalue weighted by Crippen LogP contribution is -2.05. The summed E-state index contributed by atoms with van der Waals surface area (Å²) >= 11 is 0. The van der Waals surface area contributed by atoms with E-state index in [1.807, 2.05) is 37.2 Å². The van der Waals surface area contributed by atoms with Crippen molar-refractivity contribution in [3.63, 3.8) is 0 Å². The molecule has 20 heavy (non-hydrogen) atoms. The van der Waals surface area contributed by atoms with Crippen molar-refractivity contribution in [1.82, 2.24) is 15.0 Å². The number of rotatable bonds is 4. The van der Waals surface area contributed by atoms with Gasteiger partial charge in [0.05, 0.1) is 0 Å². The molecule has 0 aliphatic heterocycles. The molecule has 0 amide bonds. The molecule has 98 valence electrons. The Bertz CT molecular complexity index is 599. The summed E-state index contributed by atoms with van der Waals surface area (Å²) in [6, 6.07) is 12.4. The van der Waals surface area contributed by atoms with Gasteiger partial charge in [-0.15, -0.1) is 0 Å². The molecule has 0 fully saturated rings. The second-order valence-electron chi connectivity index (χ2n) is 4.67. The predicted molar refractivity (Wildman–Crippen MR) is 78.3 cm³/mol. The highest BCUT2D eigenvalue weighted by Crippen LogP contribution is 2.27. The zero-order valence-corrected chi connectivity index (χ0v) is 11.1. The van der Waals surface area contributed by atoms with Gasteiger partial charge in [-0.3, -0.25) is 15.0 Å². The van der Waals surface area contributed by atoms with E-state index in [0.29, 0.717) is 5.92 Å². The molecule has 3 nitrogen and oxygen atoms in total. The summed E-state index contributed by atoms with van der Waals surface area (Å²) in [5.41, 5.74) is 3.81. The Kier molecular flexibility index (Phi) is 3.78. The molecule has 0 N–H and O–H groups in total. The van der Waals surface area contributed by atoms with Gasteiger partial charge in [-0.05, 0) is 59.5 Å². The van der Waals surface area contributed by atoms with Gasteiger partial charge in [-0.2, -0.15) is 0 Å². The standard InChI is InChI=1S/C17H15N3/c1-7-18-8-2-14(1)13-17(15-3-9-19-10-4-15)16-5-11-20-12-6-16/h1-12,17H,13H2. The highest BCUT2D eigenvalue weighted by molar-refractivity contribution is 5.32. The predicted octanol–water partition coefficient (Wildman–Crippen LogP) is 3.25. The van der Waals surface area contributed by atoms with Gasteiger partial charge in [0.15, 0.2) is 0 Å². The first-order valence-electron chi connectivity index (χ1n) is 6.62. The second kappa shape index (κ2) is 6.06. The molecule has 3 heteroatoms. The van der Waals surface area contributed by atoms with Crippen molar-refractivity contribution in [1.29, 1.82) is 0 Å². The maximum absolute atomic E-state index is 4.11. The normalized spacial score (nSPS) is 10.7. The van der Waals surface area contributed by atoms with Crippen LogP contribution in [0.3, 0.4) is 0 Å². The smallest absolute Gasteiger partial charge is 0.0270 e. The van der Waals surface area contributed by atoms with Crippen LogP contribution >= 0.6 is 0 Å². The largest absolute Gasteiger partial charge is 0.265 e. The van der Waals surface area contributed by atoms with Crippen LogP contribution in [0.2, 0.25) is 0 Å². The molecule has 3 aromatic heterocycles. The minimum Gasteiger partial charge on any atom is -0.265 e. The molecule has 3 heterocycles. The Hall–Kier alpha value is -2.55. The van der Waals surface area contributed by atoms with Crippen LogP contribution in [-0.4, -0.2) is 15.0 Å². The average Bonchev–Trinajstić information content (AvgIpc) is 2.55. The van der Waals surface area contributed by atoms with E-state index >= 15 is 0 Å². The van der Waals surface area contributed by atoms with E-state index in [1.165, 1.54) is 16.7 Å². The van der Waals surface area contributed by atoms with Crippen molar-refractivity contribution in [3.8, 4) is 0 Å². The first-order chi connectivity index (χ1) is 9.93. The molecule has 0 aliphatic carbocycles. The molecule has 3 rings (SSSR count). The first-order valence-corrected chi connectivity index (χ1v) is 6.62. The van der Waals surface area contributed by atoms with Gasteiger partial charge in [0, 0.05) is 43.1 Å². The zero-order valence-electron chi connectivity index (χ0n) is 11.1. The SMILES string of the molecule is c1cc(CC(c2ccncc2)c2ccncc2)ccn1. The average molecular weight is 261 g/mol. The molecule has 0 aliphatic rings. The summed E-state index contributed by atoms with van der Waals surface area (Å²) in [5, 5.41) is 0. The minimum atomic E-state index is 0.309. The van der Waals surface area contributed by atoms with Crippen molar-refractivity contribution in [3.05, 3.63) is 90.3 Å². The van der Waals surface area contributed by atoms with Crippen molar-refractivity contribution in [2.24, 2.45) is 0 Å². The fourth-order valence-corrected chi connectivity index (χ4v) is 2.37. The van der Waals surface area contributed by atoms with Crippen molar-refractivity contribution >= 4 is 0 Å². The van der Waals surface area contributed by atoms with Crippen LogP contribution in [0.25, 0.3) is 0 Å². The highest BCUT2D eigenvalue weighted by atomic mass is 14.6. The summed E-state index contributed by atoms with van der Waals surface area (Å²) in [7, 11) is 0. The summed E-state index contributed by atoms with van der Waals surface area (Å²) in [6.07, 6.45) is 12.0. The Labute approximate surface area is 118 Å². The fourth-order valence-electron chi connectivity index (χ4n) is 2.37. The Balaban J connectivity index is 1.96. The van der Waals surface area contributed by atoms with E-state index in [9.17, 15) is 0 Å². The van der Waals surface area contributed by atoms with Gasteiger partial charge < -0.3 is 0 Å². The molecule has 0 unspecified atom stereocenters. The van der Waals surface area contributed by atoms with Crippen molar-refractivity contribution in [2.75, 3.05) is 0 Å². The monoisotopic (exact) mass is 261 g/mol. The number of hydrogen-bond acceptors (Lipinski definition) is 3. The summed E-state index contributed by atoms with van der Waals surface area (Å²) in [5.74, 6) is 0.309. The maximum atomic E-state index is 4.11. The molecule has 0 saturated carbocycles. The molecule has 0 spiro atoms. The lowest BCUT2D eigenvalue weighted by Gasteiger charge is -2.17. The topological polar surface area (TPSA) is 38.7 Å². The lowest BCUT2D eigenvalue weighted by molar-refractivity contribution is 0.799. The van der Waals surface area contributed by atoms with E-state index < -0.39 is 0 Å². The number of hydrogen-bond donors (Lipinski definition) is 0. The molecular formula is C17H15N3. The molecule has 0 aromatic carbocycles. The van der Waals surface area contributed by atoms with E-state index in [1.54, 1.807) is 0 Å². The lowest BCUT2D eigenvalue weighted by atomic mass is 9.87. The van der Waals surface area contributed by atoms with Gasteiger partial charge in [0.25, 0.3) is 0 Å². The van der Waals surface area contributed by atoms with E-state index in [-0.39, 0.29) is 0 Å². The fraction of sp³-hybridized carbons (Fsp3) is 0.118. The number of pyridine rings is 3. The maximum Gasteiger partial charge on any atom is 0.0270 e. The second-order valence-corrected chi connectivity index (χ2v) is 4.67. The van der Waals surface area contributed by atoms with Crippen LogP contribution in [0.1, 0.15) is 22.6 Å². The zero-order chi connectivity index (χ0) is 13.6. The quantitative estimate of drug-likeness (QED) is 0.723. The molecule has 0 saturated heterocycles. The molecular weight excluding hydrogens is 246 g/mol. The van der Waals surface area contributed by atoms with Crippen LogP contribution in [0.15, 0.2) is 73.6 Å². The van der Waals surface area contributed by atoms with Gasteiger partial charge in [0.2, 0.25) is 0 Å². The molecule has 0 radical (unpaired) electrons. The Morgan fingerprint density at radius 2 is 1.00 bits per heavy atom. The number of nitrogens with zero attached hydrogens (tertiary/aromatic N) is 3. The van der Waals surface area contributed by atoms with Gasteiger partial charge in [-0.1, -0.05) is 0 Å². The summed E-state index contributed by atoms with van der Waals surface area (Å²) < 4.78 is 0. The van der Waals surface area contributed by atoms with Gasteiger partial charge in [-0.25, -0.2) is 0 Å². The van der Waals surface area contributed by atoms with Crippen molar-refractivity contribution in [2.45, 2.75) is 12.3 Å². The Morgan fingerprint density at radius 3 is 1.45 bits per heavy atom. The molecule has 0 bridgehead atoms. The third kappa shape index (κ3) is 2.88. The molecule has 0 atom stereocenters. The minimum absolute atomic E-state index is 0.309. The van der Waals surface area contributed by atoms with Gasteiger partial charge in [0.1, 0.15) is 0 Å². The van der Waals surface area contributed by atoms with Crippen LogP contribution in [-0.2, 0) is 6.42 Å². The van der Waals surface area contributed by atoms with E-state index in [0.717, 1.165) is 6.42 Å². The first kappa shape index (κ1) is 12.5. The van der Waals surface area contributed by atoms with Gasteiger partial charge >= 0.3 is 0 Å². The van der Waals surface area contributed by atoms with Crippen molar-refractivity contribution < 1.29 is 0 Å². The van der Waals surface area contributed by atoms with E-state index in [4.69, 9.17) is 0 Å². The summed E-state index contributed by atoms with van der Waals surface area (Å²) in [6.45, 7) is 0. The number of aromatic nitrogens is 3.